The van der Waals surface area contributed by atoms with Crippen LogP contribution < -0.4 is 5.32 Å². The van der Waals surface area contributed by atoms with E-state index in [1.165, 1.54) is 42.7 Å². The first kappa shape index (κ1) is 15.3. The number of carbonyl (C=O) groups is 1. The van der Waals surface area contributed by atoms with Gasteiger partial charge in [-0.2, -0.15) is 0 Å². The Morgan fingerprint density at radius 2 is 2.04 bits per heavy atom. The summed E-state index contributed by atoms with van der Waals surface area (Å²) in [5.74, 6) is 1.17. The van der Waals surface area contributed by atoms with Crippen molar-refractivity contribution < 1.29 is 9.18 Å². The van der Waals surface area contributed by atoms with E-state index >= 15 is 0 Å². The third-order valence-electron chi connectivity index (χ3n) is 6.04. The Morgan fingerprint density at radius 1 is 1.29 bits per heavy atom. The fourth-order valence-corrected chi connectivity index (χ4v) is 7.94. The minimum atomic E-state index is -0.272. The Labute approximate surface area is 152 Å². The summed E-state index contributed by atoms with van der Waals surface area (Å²) in [4.78, 5) is 17.6. The molecule has 3 nitrogen and oxygen atoms in total. The molecule has 4 fully saturated rings. The third kappa shape index (κ3) is 2.33. The number of fused-ring (bicyclic) bond motifs is 1. The number of carbonyl (C=O) groups excluding carboxylic acids is 1. The highest BCUT2D eigenvalue weighted by atomic mass is 79.9. The Morgan fingerprint density at radius 3 is 2.75 bits per heavy atom. The number of amides is 1. The molecule has 1 amide bonds. The van der Waals surface area contributed by atoms with Crippen LogP contribution in [0.25, 0.3) is 10.2 Å². The Balaban J connectivity index is 1.43. The smallest absolute Gasteiger partial charge is 0.232 e. The van der Waals surface area contributed by atoms with Crippen molar-refractivity contribution in [3.05, 3.63) is 24.0 Å². The van der Waals surface area contributed by atoms with Crippen molar-refractivity contribution in [2.75, 3.05) is 5.32 Å². The van der Waals surface area contributed by atoms with Crippen LogP contribution in [0.5, 0.6) is 0 Å². The number of nitrogens with zero attached hydrogens (tertiary/aromatic N) is 1. The summed E-state index contributed by atoms with van der Waals surface area (Å²) in [5, 5.41) is 3.63. The highest BCUT2D eigenvalue weighted by Crippen LogP contribution is 2.64. The van der Waals surface area contributed by atoms with E-state index in [0.29, 0.717) is 17.0 Å². The maximum absolute atomic E-state index is 13.3. The molecule has 1 aromatic carbocycles. The average molecular weight is 409 g/mol. The molecule has 6 rings (SSSR count). The van der Waals surface area contributed by atoms with Gasteiger partial charge in [0.1, 0.15) is 5.82 Å². The van der Waals surface area contributed by atoms with E-state index < -0.39 is 0 Å². The molecule has 24 heavy (non-hydrogen) atoms. The molecule has 1 N–H and O–H groups in total. The van der Waals surface area contributed by atoms with Gasteiger partial charge in [0, 0.05) is 4.32 Å². The lowest BCUT2D eigenvalue weighted by atomic mass is 9.49. The number of thiazole rings is 1. The predicted molar refractivity (Wildman–Crippen MR) is 97.0 cm³/mol. The molecule has 0 saturated heterocycles. The molecule has 4 atom stereocenters. The van der Waals surface area contributed by atoms with Crippen molar-refractivity contribution >= 4 is 48.5 Å². The van der Waals surface area contributed by atoms with E-state index in [1.54, 1.807) is 6.07 Å². The number of anilines is 1. The minimum Gasteiger partial charge on any atom is -0.301 e. The molecule has 2 unspecified atom stereocenters. The van der Waals surface area contributed by atoms with Crippen LogP contribution >= 0.6 is 27.3 Å². The molecule has 6 heteroatoms. The summed E-state index contributed by atoms with van der Waals surface area (Å²) in [7, 11) is 0. The van der Waals surface area contributed by atoms with Crippen molar-refractivity contribution in [3.63, 3.8) is 0 Å². The zero-order valence-corrected chi connectivity index (χ0v) is 15.6. The van der Waals surface area contributed by atoms with Crippen LogP contribution in [-0.2, 0) is 4.79 Å². The lowest BCUT2D eigenvalue weighted by Crippen LogP contribution is -2.57. The first-order valence-corrected chi connectivity index (χ1v) is 10.1. The number of rotatable bonds is 2. The molecular weight excluding hydrogens is 391 g/mol. The van der Waals surface area contributed by atoms with Gasteiger partial charge >= 0.3 is 0 Å². The molecule has 4 saturated carbocycles. The molecule has 1 heterocycles. The maximum Gasteiger partial charge on any atom is 0.232 e. The van der Waals surface area contributed by atoms with Crippen LogP contribution in [0.4, 0.5) is 9.52 Å². The molecule has 4 aliphatic rings. The Kier molecular flexibility index (Phi) is 3.18. The fraction of sp³-hybridized carbons (Fsp3) is 0.556. The molecule has 4 aliphatic carbocycles. The molecule has 2 aromatic rings. The zero-order valence-electron chi connectivity index (χ0n) is 13.1. The lowest BCUT2D eigenvalue weighted by Gasteiger charge is -2.59. The number of hydrogen-bond donors (Lipinski definition) is 1. The fourth-order valence-electron chi connectivity index (χ4n) is 5.60. The van der Waals surface area contributed by atoms with Crippen LogP contribution in [-0.4, -0.2) is 15.2 Å². The zero-order chi connectivity index (χ0) is 16.5. The van der Waals surface area contributed by atoms with Crippen LogP contribution in [0, 0.1) is 23.1 Å². The van der Waals surface area contributed by atoms with Gasteiger partial charge in [0.2, 0.25) is 5.91 Å². The standard InChI is InChI=1S/C18H18BrFN2OS/c19-18-7-10-3-11(8-18)6-17(5-10,9-18)15(23)22-16-21-13-2-1-12(20)4-14(13)24-16/h1-2,4,10-11H,3,5-9H2,(H,21,22,23)/t10-,11+,17?,18?. The van der Waals surface area contributed by atoms with E-state index in [9.17, 15) is 9.18 Å². The van der Waals surface area contributed by atoms with Crippen molar-refractivity contribution in [3.8, 4) is 0 Å². The van der Waals surface area contributed by atoms with E-state index in [1.807, 2.05) is 0 Å². The summed E-state index contributed by atoms with van der Waals surface area (Å²) in [5.41, 5.74) is 0.482. The van der Waals surface area contributed by atoms with Crippen molar-refractivity contribution in [2.24, 2.45) is 17.3 Å². The number of halogens is 2. The van der Waals surface area contributed by atoms with Gasteiger partial charge in [-0.05, 0) is 68.6 Å². The van der Waals surface area contributed by atoms with Crippen molar-refractivity contribution in [1.82, 2.24) is 4.98 Å². The van der Waals surface area contributed by atoms with Gasteiger partial charge in [-0.3, -0.25) is 4.79 Å². The second kappa shape index (κ2) is 5.01. The SMILES string of the molecule is O=C(Nc1nc2ccc(F)cc2s1)C12C[C@@H]3C[C@@H](CC(Br)(C3)C1)C2. The van der Waals surface area contributed by atoms with Gasteiger partial charge < -0.3 is 5.32 Å². The summed E-state index contributed by atoms with van der Waals surface area (Å²) in [6.07, 6.45) is 6.63. The summed E-state index contributed by atoms with van der Waals surface area (Å²) in [6.45, 7) is 0. The summed E-state index contributed by atoms with van der Waals surface area (Å²) < 4.78 is 14.3. The average Bonchev–Trinajstić information content (AvgIpc) is 2.85. The van der Waals surface area contributed by atoms with Crippen LogP contribution in [0.3, 0.4) is 0 Å². The van der Waals surface area contributed by atoms with Gasteiger partial charge in [-0.25, -0.2) is 9.37 Å². The van der Waals surface area contributed by atoms with E-state index in [4.69, 9.17) is 0 Å². The van der Waals surface area contributed by atoms with Crippen LogP contribution in [0.15, 0.2) is 18.2 Å². The molecule has 0 radical (unpaired) electrons. The highest BCUT2D eigenvalue weighted by Gasteiger charge is 2.59. The summed E-state index contributed by atoms with van der Waals surface area (Å²) >= 11 is 5.30. The van der Waals surface area contributed by atoms with Gasteiger partial charge in [0.25, 0.3) is 0 Å². The first-order valence-electron chi connectivity index (χ1n) is 8.50. The third-order valence-corrected chi connectivity index (χ3v) is 7.90. The van der Waals surface area contributed by atoms with Gasteiger partial charge in [-0.1, -0.05) is 27.3 Å². The topological polar surface area (TPSA) is 42.0 Å². The van der Waals surface area contributed by atoms with Gasteiger partial charge in [-0.15, -0.1) is 0 Å². The first-order chi connectivity index (χ1) is 11.4. The molecule has 4 bridgehead atoms. The molecule has 126 valence electrons. The minimum absolute atomic E-state index is 0.111. The largest absolute Gasteiger partial charge is 0.301 e. The predicted octanol–water partition coefficient (Wildman–Crippen LogP) is 5.11. The molecule has 0 spiro atoms. The van der Waals surface area contributed by atoms with E-state index in [0.717, 1.165) is 29.5 Å². The van der Waals surface area contributed by atoms with Gasteiger partial charge in [0.15, 0.2) is 5.13 Å². The number of nitrogens with one attached hydrogen (secondary N) is 1. The number of aromatic nitrogens is 1. The van der Waals surface area contributed by atoms with Crippen LogP contribution in [0.1, 0.15) is 38.5 Å². The molecular formula is C18H18BrFN2OS. The van der Waals surface area contributed by atoms with E-state index in [2.05, 4.69) is 26.2 Å². The second-order valence-corrected chi connectivity index (χ2v) is 10.7. The maximum atomic E-state index is 13.3. The summed E-state index contributed by atoms with van der Waals surface area (Å²) in [6, 6.07) is 4.54. The molecule has 1 aromatic heterocycles. The Bertz CT molecular complexity index is 837. The highest BCUT2D eigenvalue weighted by molar-refractivity contribution is 9.10. The molecule has 0 aliphatic heterocycles. The lowest BCUT2D eigenvalue weighted by molar-refractivity contribution is -0.138. The number of hydrogen-bond acceptors (Lipinski definition) is 3. The van der Waals surface area contributed by atoms with E-state index in [-0.39, 0.29) is 21.5 Å². The second-order valence-electron chi connectivity index (χ2n) is 7.98. The van der Waals surface area contributed by atoms with Gasteiger partial charge in [0.05, 0.1) is 15.6 Å². The Hall–Kier alpha value is -1.01. The number of benzene rings is 1. The normalized spacial score (nSPS) is 37.1. The van der Waals surface area contributed by atoms with Crippen molar-refractivity contribution in [2.45, 2.75) is 42.8 Å². The monoisotopic (exact) mass is 408 g/mol. The quantitative estimate of drug-likeness (QED) is 0.701. The number of alkyl halides is 1. The van der Waals surface area contributed by atoms with Crippen LogP contribution in [0.2, 0.25) is 0 Å². The van der Waals surface area contributed by atoms with Crippen molar-refractivity contribution in [1.29, 1.82) is 0 Å².